The summed E-state index contributed by atoms with van der Waals surface area (Å²) >= 11 is 0. The number of halogens is 1. The summed E-state index contributed by atoms with van der Waals surface area (Å²) < 4.78 is 13.3. The van der Waals surface area contributed by atoms with Gasteiger partial charge in [-0.15, -0.1) is 0 Å². The molecule has 0 radical (unpaired) electrons. The van der Waals surface area contributed by atoms with Crippen molar-refractivity contribution < 1.29 is 9.50 Å². The SMILES string of the molecule is CCC(O)(CC(C)CC(C)C)c1cccc(F)c1. The third-order valence-electron chi connectivity index (χ3n) is 3.51. The standard InChI is InChI=1S/C16H25FO/c1-5-16(18,11-13(4)9-12(2)3)14-7-6-8-15(17)10-14/h6-8,10,12-13,18H,5,9,11H2,1-4H3. The van der Waals surface area contributed by atoms with E-state index in [0.29, 0.717) is 30.2 Å². The van der Waals surface area contributed by atoms with Crippen LogP contribution in [0.15, 0.2) is 24.3 Å². The second kappa shape index (κ2) is 6.33. The van der Waals surface area contributed by atoms with Gasteiger partial charge < -0.3 is 5.11 Å². The van der Waals surface area contributed by atoms with Crippen LogP contribution in [0.5, 0.6) is 0 Å². The molecule has 0 aliphatic heterocycles. The average molecular weight is 252 g/mol. The first-order chi connectivity index (χ1) is 8.37. The third-order valence-corrected chi connectivity index (χ3v) is 3.51. The Labute approximate surface area is 110 Å². The van der Waals surface area contributed by atoms with Crippen molar-refractivity contribution in [1.82, 2.24) is 0 Å². The summed E-state index contributed by atoms with van der Waals surface area (Å²) in [5.74, 6) is 0.766. The minimum Gasteiger partial charge on any atom is -0.385 e. The van der Waals surface area contributed by atoms with Crippen LogP contribution in [0.4, 0.5) is 4.39 Å². The Morgan fingerprint density at radius 1 is 1.28 bits per heavy atom. The highest BCUT2D eigenvalue weighted by atomic mass is 19.1. The van der Waals surface area contributed by atoms with Crippen LogP contribution in [0, 0.1) is 17.7 Å². The minimum absolute atomic E-state index is 0.282. The third kappa shape index (κ3) is 4.09. The summed E-state index contributed by atoms with van der Waals surface area (Å²) in [5, 5.41) is 10.7. The number of aliphatic hydroxyl groups is 1. The topological polar surface area (TPSA) is 20.2 Å². The molecule has 1 N–H and O–H groups in total. The summed E-state index contributed by atoms with van der Waals surface area (Å²) in [6.45, 7) is 8.47. The van der Waals surface area contributed by atoms with Gasteiger partial charge in [0.1, 0.15) is 5.82 Å². The van der Waals surface area contributed by atoms with Crippen LogP contribution in [-0.4, -0.2) is 5.11 Å². The molecule has 0 saturated heterocycles. The van der Waals surface area contributed by atoms with Crippen molar-refractivity contribution in [1.29, 1.82) is 0 Å². The van der Waals surface area contributed by atoms with Gasteiger partial charge in [0.25, 0.3) is 0 Å². The van der Waals surface area contributed by atoms with Crippen molar-refractivity contribution >= 4 is 0 Å². The molecule has 2 atom stereocenters. The highest BCUT2D eigenvalue weighted by molar-refractivity contribution is 5.23. The number of rotatable bonds is 6. The number of hydrogen-bond acceptors (Lipinski definition) is 1. The monoisotopic (exact) mass is 252 g/mol. The van der Waals surface area contributed by atoms with E-state index in [1.54, 1.807) is 6.07 Å². The van der Waals surface area contributed by atoms with Crippen molar-refractivity contribution in [3.05, 3.63) is 35.6 Å². The van der Waals surface area contributed by atoms with Gasteiger partial charge in [0.15, 0.2) is 0 Å². The first-order valence-electron chi connectivity index (χ1n) is 6.85. The maximum atomic E-state index is 13.3. The predicted octanol–water partition coefficient (Wildman–Crippen LogP) is 4.50. The van der Waals surface area contributed by atoms with Gasteiger partial charge in [0.05, 0.1) is 5.60 Å². The van der Waals surface area contributed by atoms with Gasteiger partial charge in [-0.1, -0.05) is 39.8 Å². The Morgan fingerprint density at radius 2 is 1.94 bits per heavy atom. The lowest BCUT2D eigenvalue weighted by Gasteiger charge is -2.31. The summed E-state index contributed by atoms with van der Waals surface area (Å²) in [5.41, 5.74) is -0.211. The van der Waals surface area contributed by atoms with Gasteiger partial charge in [-0.25, -0.2) is 4.39 Å². The van der Waals surface area contributed by atoms with Gasteiger partial charge in [-0.05, 0) is 48.8 Å². The second-order valence-electron chi connectivity index (χ2n) is 5.83. The molecule has 1 nitrogen and oxygen atoms in total. The summed E-state index contributed by atoms with van der Waals surface area (Å²) in [4.78, 5) is 0. The normalized spacial score (nSPS) is 16.6. The van der Waals surface area contributed by atoms with E-state index in [9.17, 15) is 9.50 Å². The molecule has 0 fully saturated rings. The van der Waals surface area contributed by atoms with E-state index >= 15 is 0 Å². The first kappa shape index (κ1) is 15.2. The summed E-state index contributed by atoms with van der Waals surface area (Å²) in [6, 6.07) is 6.34. The van der Waals surface area contributed by atoms with Crippen molar-refractivity contribution in [3.8, 4) is 0 Å². The van der Waals surface area contributed by atoms with Crippen LogP contribution in [0.2, 0.25) is 0 Å². The molecule has 1 rings (SSSR count). The zero-order chi connectivity index (χ0) is 13.8. The van der Waals surface area contributed by atoms with E-state index in [1.165, 1.54) is 12.1 Å². The average Bonchev–Trinajstić information content (AvgIpc) is 2.27. The van der Waals surface area contributed by atoms with Crippen LogP contribution in [0.1, 0.15) is 52.5 Å². The maximum Gasteiger partial charge on any atom is 0.123 e. The lowest BCUT2D eigenvalue weighted by molar-refractivity contribution is 0.00640. The summed E-state index contributed by atoms with van der Waals surface area (Å²) in [6.07, 6.45) is 2.38. The predicted molar refractivity (Wildman–Crippen MR) is 73.8 cm³/mol. The molecule has 2 heteroatoms. The van der Waals surface area contributed by atoms with Crippen LogP contribution in [0.25, 0.3) is 0 Å². The Kier molecular flexibility index (Phi) is 5.33. The molecule has 0 amide bonds. The maximum absolute atomic E-state index is 13.3. The smallest absolute Gasteiger partial charge is 0.123 e. The van der Waals surface area contributed by atoms with Gasteiger partial charge >= 0.3 is 0 Å². The van der Waals surface area contributed by atoms with Crippen LogP contribution in [-0.2, 0) is 5.60 Å². The molecule has 0 aromatic heterocycles. The number of benzene rings is 1. The van der Waals surface area contributed by atoms with E-state index in [2.05, 4.69) is 20.8 Å². The van der Waals surface area contributed by atoms with Crippen molar-refractivity contribution in [3.63, 3.8) is 0 Å². The molecule has 0 aliphatic rings. The quantitative estimate of drug-likeness (QED) is 0.790. The molecule has 0 spiro atoms. The van der Waals surface area contributed by atoms with Crippen molar-refractivity contribution in [2.45, 2.75) is 52.6 Å². The Morgan fingerprint density at radius 3 is 2.44 bits per heavy atom. The Balaban J connectivity index is 2.85. The van der Waals surface area contributed by atoms with E-state index in [4.69, 9.17) is 0 Å². The van der Waals surface area contributed by atoms with E-state index in [0.717, 1.165) is 6.42 Å². The lowest BCUT2D eigenvalue weighted by Crippen LogP contribution is -2.28. The van der Waals surface area contributed by atoms with Gasteiger partial charge in [0, 0.05) is 0 Å². The fourth-order valence-electron chi connectivity index (χ4n) is 2.71. The molecular weight excluding hydrogens is 227 g/mol. The second-order valence-corrected chi connectivity index (χ2v) is 5.83. The van der Waals surface area contributed by atoms with Gasteiger partial charge in [-0.2, -0.15) is 0 Å². The molecule has 0 saturated carbocycles. The van der Waals surface area contributed by atoms with Gasteiger partial charge in [-0.3, -0.25) is 0 Å². The van der Waals surface area contributed by atoms with Crippen molar-refractivity contribution in [2.75, 3.05) is 0 Å². The van der Waals surface area contributed by atoms with E-state index in [-0.39, 0.29) is 5.82 Å². The van der Waals surface area contributed by atoms with Gasteiger partial charge in [0.2, 0.25) is 0 Å². The molecule has 0 bridgehead atoms. The zero-order valence-corrected chi connectivity index (χ0v) is 11.9. The van der Waals surface area contributed by atoms with Crippen LogP contribution in [0.3, 0.4) is 0 Å². The molecule has 102 valence electrons. The molecule has 1 aromatic carbocycles. The minimum atomic E-state index is -0.906. The first-order valence-corrected chi connectivity index (χ1v) is 6.85. The van der Waals surface area contributed by atoms with Crippen molar-refractivity contribution in [2.24, 2.45) is 11.8 Å². The Bertz CT molecular complexity index is 375. The molecular formula is C16H25FO. The van der Waals surface area contributed by atoms with E-state index in [1.807, 2.05) is 13.0 Å². The van der Waals surface area contributed by atoms with Crippen LogP contribution >= 0.6 is 0 Å². The molecule has 0 aliphatic carbocycles. The van der Waals surface area contributed by atoms with E-state index < -0.39 is 5.60 Å². The van der Waals surface area contributed by atoms with Crippen LogP contribution < -0.4 is 0 Å². The largest absolute Gasteiger partial charge is 0.385 e. The molecule has 18 heavy (non-hydrogen) atoms. The highest BCUT2D eigenvalue weighted by Gasteiger charge is 2.29. The summed E-state index contributed by atoms with van der Waals surface area (Å²) in [7, 11) is 0. The lowest BCUT2D eigenvalue weighted by atomic mass is 9.80. The number of hydrogen-bond donors (Lipinski definition) is 1. The molecule has 2 unspecified atom stereocenters. The Hall–Kier alpha value is -0.890. The fourth-order valence-corrected chi connectivity index (χ4v) is 2.71. The molecule has 1 aromatic rings. The molecule has 0 heterocycles. The zero-order valence-electron chi connectivity index (χ0n) is 11.9. The fraction of sp³-hybridized carbons (Fsp3) is 0.625. The highest BCUT2D eigenvalue weighted by Crippen LogP contribution is 2.34.